The van der Waals surface area contributed by atoms with Gasteiger partial charge in [0.15, 0.2) is 0 Å². The first-order valence-corrected chi connectivity index (χ1v) is 31.0. The van der Waals surface area contributed by atoms with E-state index in [1.807, 2.05) is 27.2 Å². The van der Waals surface area contributed by atoms with Crippen LogP contribution in [-0.2, 0) is 18.4 Å². The number of hydrogen-bond acceptors (Lipinski definition) is 5. The number of aliphatic hydroxyl groups is 1. The fourth-order valence-corrected chi connectivity index (χ4v) is 9.02. The largest absolute Gasteiger partial charge is 0.472 e. The third-order valence-corrected chi connectivity index (χ3v) is 13.9. The van der Waals surface area contributed by atoms with Crippen LogP contribution < -0.4 is 5.32 Å². The summed E-state index contributed by atoms with van der Waals surface area (Å²) in [6.45, 7) is 4.70. The zero-order chi connectivity index (χ0) is 52.0. The minimum Gasteiger partial charge on any atom is -0.387 e. The van der Waals surface area contributed by atoms with Crippen LogP contribution >= 0.6 is 7.82 Å². The number of hydrogen-bond donors (Lipinski definition) is 3. The number of allylic oxidation sites excluding steroid dienone is 13. The van der Waals surface area contributed by atoms with Crippen molar-refractivity contribution in [3.05, 3.63) is 85.1 Å². The Labute approximate surface area is 439 Å². The third kappa shape index (κ3) is 55.3. The lowest BCUT2D eigenvalue weighted by Gasteiger charge is -2.25. The quantitative estimate of drug-likeness (QED) is 0.0243. The third-order valence-electron chi connectivity index (χ3n) is 12.9. The van der Waals surface area contributed by atoms with E-state index in [1.165, 1.54) is 141 Å². The van der Waals surface area contributed by atoms with Crippen LogP contribution in [0.25, 0.3) is 0 Å². The Morgan fingerprint density at radius 2 is 0.845 bits per heavy atom. The molecule has 412 valence electrons. The maximum Gasteiger partial charge on any atom is 0.472 e. The van der Waals surface area contributed by atoms with Crippen LogP contribution in [0.2, 0.25) is 0 Å². The molecule has 0 heterocycles. The summed E-state index contributed by atoms with van der Waals surface area (Å²) in [4.78, 5) is 23.3. The van der Waals surface area contributed by atoms with E-state index in [9.17, 15) is 19.4 Å². The van der Waals surface area contributed by atoms with Gasteiger partial charge >= 0.3 is 7.82 Å². The van der Waals surface area contributed by atoms with E-state index in [2.05, 4.69) is 92.1 Å². The molecule has 1 amide bonds. The van der Waals surface area contributed by atoms with Gasteiger partial charge in [-0.3, -0.25) is 13.8 Å². The highest BCUT2D eigenvalue weighted by molar-refractivity contribution is 7.47. The summed E-state index contributed by atoms with van der Waals surface area (Å²) in [6, 6.07) is -0.861. The molecule has 71 heavy (non-hydrogen) atoms. The number of aliphatic hydroxyl groups excluding tert-OH is 1. The van der Waals surface area contributed by atoms with Crippen molar-refractivity contribution < 1.29 is 32.9 Å². The minimum atomic E-state index is -4.36. The molecular weight excluding hydrogens is 900 g/mol. The number of carbonyl (C=O) groups excluding carboxylic acids is 1. The monoisotopic (exact) mass is 1010 g/mol. The van der Waals surface area contributed by atoms with E-state index in [1.54, 1.807) is 6.08 Å². The summed E-state index contributed by atoms with van der Waals surface area (Å²) < 4.78 is 23.7. The summed E-state index contributed by atoms with van der Waals surface area (Å²) in [5, 5.41) is 13.9. The van der Waals surface area contributed by atoms with Crippen LogP contribution in [0, 0.1) is 0 Å². The Kier molecular flexibility index (Phi) is 50.8. The van der Waals surface area contributed by atoms with Crippen molar-refractivity contribution in [3.8, 4) is 0 Å². The highest BCUT2D eigenvalue weighted by Crippen LogP contribution is 2.43. The maximum atomic E-state index is 13.0. The molecule has 0 aliphatic heterocycles. The number of unbranched alkanes of at least 4 members (excludes halogenated alkanes) is 28. The Morgan fingerprint density at radius 3 is 1.24 bits per heavy atom. The van der Waals surface area contributed by atoms with Crippen LogP contribution in [0.15, 0.2) is 85.1 Å². The fourth-order valence-electron chi connectivity index (χ4n) is 8.28. The van der Waals surface area contributed by atoms with Crippen molar-refractivity contribution >= 4 is 13.7 Å². The van der Waals surface area contributed by atoms with Crippen molar-refractivity contribution in [1.29, 1.82) is 0 Å². The molecule has 0 aromatic carbocycles. The minimum absolute atomic E-state index is 0.0544. The van der Waals surface area contributed by atoms with Crippen LogP contribution in [-0.4, -0.2) is 73.4 Å². The first kappa shape index (κ1) is 68.7. The molecule has 3 atom stereocenters. The van der Waals surface area contributed by atoms with E-state index in [4.69, 9.17) is 9.05 Å². The van der Waals surface area contributed by atoms with Gasteiger partial charge in [-0.1, -0.05) is 259 Å². The van der Waals surface area contributed by atoms with E-state index < -0.39 is 20.0 Å². The Hall–Kier alpha value is -2.32. The Balaban J connectivity index is 4.27. The second-order valence-corrected chi connectivity index (χ2v) is 22.4. The van der Waals surface area contributed by atoms with E-state index in [-0.39, 0.29) is 19.1 Å². The molecular formula is C62H114N2O6P+. The number of quaternary nitrogens is 1. The van der Waals surface area contributed by atoms with Gasteiger partial charge in [-0.25, -0.2) is 4.57 Å². The highest BCUT2D eigenvalue weighted by atomic mass is 31.2. The summed E-state index contributed by atoms with van der Waals surface area (Å²) >= 11 is 0. The average Bonchev–Trinajstić information content (AvgIpc) is 3.33. The molecule has 0 radical (unpaired) electrons. The standard InChI is InChI=1S/C62H113N2O6P/c1-6-8-10-12-14-16-18-20-22-24-26-28-30-32-34-36-38-40-42-44-46-48-50-52-54-56-62(66)63-60(59-70-71(67,68)69-58-57-64(3,4)5)61(65)55-53-51-49-47-45-43-41-39-37-35-33-31-29-27-25-23-21-19-17-15-13-11-9-7-2/h8,10,14,16,20,22,26,28,32,34,38,40,53,55,60-61,65H,6-7,9,11-13,15,17-19,21,23-25,27,29-31,33,35-37,39,41-52,54,56-59H2,1-5H3,(H-,63,66,67,68)/p+1/b10-8-,16-14-,22-20-,28-26-,34-32-,40-38-,55-53+. The Morgan fingerprint density at radius 1 is 0.493 bits per heavy atom. The SMILES string of the molecule is CC/C=C\C/C=C\C/C=C\C/C=C\C/C=C\C/C=C\CCCCCCCCC(=O)NC(COP(=O)(O)OCC[N+](C)(C)C)C(O)/C=C/CCCCCCCCCCCCCCCCCCCCCCCC. The lowest BCUT2D eigenvalue weighted by atomic mass is 10.0. The smallest absolute Gasteiger partial charge is 0.387 e. The molecule has 8 nitrogen and oxygen atoms in total. The number of carbonyl (C=O) groups is 1. The van der Waals surface area contributed by atoms with E-state index in [0.717, 1.165) is 89.9 Å². The molecule has 0 fully saturated rings. The van der Waals surface area contributed by atoms with Gasteiger partial charge in [0.1, 0.15) is 13.2 Å². The van der Waals surface area contributed by atoms with Crippen molar-refractivity contribution in [2.45, 2.75) is 264 Å². The topological polar surface area (TPSA) is 105 Å². The van der Waals surface area contributed by atoms with Gasteiger partial charge in [0.2, 0.25) is 5.91 Å². The van der Waals surface area contributed by atoms with Gasteiger partial charge in [0.05, 0.1) is 39.9 Å². The van der Waals surface area contributed by atoms with Gasteiger partial charge in [-0.15, -0.1) is 0 Å². The van der Waals surface area contributed by atoms with Crippen molar-refractivity contribution in [2.75, 3.05) is 40.9 Å². The van der Waals surface area contributed by atoms with Crippen molar-refractivity contribution in [3.63, 3.8) is 0 Å². The van der Waals surface area contributed by atoms with Crippen LogP contribution in [0.5, 0.6) is 0 Å². The molecule has 0 aliphatic carbocycles. The molecule has 3 N–H and O–H groups in total. The van der Waals surface area contributed by atoms with Crippen LogP contribution in [0.1, 0.15) is 251 Å². The lowest BCUT2D eigenvalue weighted by molar-refractivity contribution is -0.870. The fraction of sp³-hybridized carbons (Fsp3) is 0.758. The van der Waals surface area contributed by atoms with Crippen molar-refractivity contribution in [2.24, 2.45) is 0 Å². The molecule has 0 rings (SSSR count). The highest BCUT2D eigenvalue weighted by Gasteiger charge is 2.27. The second-order valence-electron chi connectivity index (χ2n) is 21.0. The summed E-state index contributed by atoms with van der Waals surface area (Å²) in [7, 11) is 1.55. The molecule has 0 saturated heterocycles. The number of amides is 1. The number of rotatable bonds is 53. The zero-order valence-corrected chi connectivity index (χ0v) is 47.8. The molecule has 3 unspecified atom stereocenters. The summed E-state index contributed by atoms with van der Waals surface area (Å²) in [6.07, 6.45) is 73.9. The molecule has 0 bridgehead atoms. The first-order valence-electron chi connectivity index (χ1n) is 29.5. The molecule has 0 spiro atoms. The number of nitrogens with one attached hydrogen (secondary N) is 1. The average molecular weight is 1010 g/mol. The van der Waals surface area contributed by atoms with E-state index in [0.29, 0.717) is 17.4 Å². The van der Waals surface area contributed by atoms with Crippen molar-refractivity contribution in [1.82, 2.24) is 5.32 Å². The van der Waals surface area contributed by atoms with Gasteiger partial charge in [0.25, 0.3) is 0 Å². The molecule has 0 aliphatic rings. The van der Waals surface area contributed by atoms with Gasteiger partial charge in [-0.05, 0) is 70.6 Å². The maximum absolute atomic E-state index is 13.0. The predicted octanol–water partition coefficient (Wildman–Crippen LogP) is 18.0. The summed E-state index contributed by atoms with van der Waals surface area (Å²) in [5.74, 6) is -0.193. The lowest BCUT2D eigenvalue weighted by Crippen LogP contribution is -2.45. The number of likely N-dealkylation sites (N-methyl/N-ethyl adjacent to an activating group) is 1. The first-order chi connectivity index (χ1) is 34.5. The molecule has 0 aromatic rings. The van der Waals surface area contributed by atoms with Crippen LogP contribution in [0.4, 0.5) is 0 Å². The zero-order valence-electron chi connectivity index (χ0n) is 46.9. The predicted molar refractivity (Wildman–Crippen MR) is 309 cm³/mol. The van der Waals surface area contributed by atoms with Gasteiger partial charge < -0.3 is 19.8 Å². The number of phosphoric acid groups is 1. The molecule has 0 aromatic heterocycles. The number of phosphoric ester groups is 1. The van der Waals surface area contributed by atoms with Gasteiger partial charge in [-0.2, -0.15) is 0 Å². The normalized spacial score (nSPS) is 14.5. The summed E-state index contributed by atoms with van der Waals surface area (Å²) in [5.41, 5.74) is 0. The van der Waals surface area contributed by atoms with Crippen LogP contribution in [0.3, 0.4) is 0 Å². The van der Waals surface area contributed by atoms with E-state index >= 15 is 0 Å². The number of nitrogens with zero attached hydrogens (tertiary/aromatic N) is 1. The molecule has 0 saturated carbocycles. The van der Waals surface area contributed by atoms with Gasteiger partial charge in [0, 0.05) is 6.42 Å². The second kappa shape index (κ2) is 52.5. The molecule has 9 heteroatoms. The Bertz CT molecular complexity index is 1430.